The Morgan fingerprint density at radius 1 is 1.11 bits per heavy atom. The van der Waals surface area contributed by atoms with Crippen LogP contribution in [0.3, 0.4) is 0 Å². The van der Waals surface area contributed by atoms with E-state index in [1.54, 1.807) is 24.3 Å². The second kappa shape index (κ2) is 9.76. The largest absolute Gasteiger partial charge is 0.349 e. The minimum atomic E-state index is -3.44. The minimum Gasteiger partial charge on any atom is -0.349 e. The number of hydrogen-bond acceptors (Lipinski definition) is 3. The average molecular weight is 409 g/mol. The highest BCUT2D eigenvalue weighted by Gasteiger charge is 2.18. The van der Waals surface area contributed by atoms with E-state index in [-0.39, 0.29) is 24.9 Å². The molecule has 0 bridgehead atoms. The van der Waals surface area contributed by atoms with Gasteiger partial charge in [0.15, 0.2) is 0 Å². The van der Waals surface area contributed by atoms with Crippen molar-refractivity contribution in [3.63, 3.8) is 0 Å². The standard InChI is InChI=1S/C20H25ClN2O3S/c1-3-19(16-8-5-4-6-9-16)22-20(24)10-7-15-23(27(2,25)26)18-13-11-17(21)12-14-18/h4-6,8-9,11-14,19H,3,7,10,15H2,1-2H3,(H,22,24). The summed E-state index contributed by atoms with van der Waals surface area (Å²) in [7, 11) is -3.44. The Kier molecular flexibility index (Phi) is 7.68. The quantitative estimate of drug-likeness (QED) is 0.677. The fraction of sp³-hybridized carbons (Fsp3) is 0.350. The zero-order valence-corrected chi connectivity index (χ0v) is 17.1. The summed E-state index contributed by atoms with van der Waals surface area (Å²) >= 11 is 5.87. The third-order valence-corrected chi connectivity index (χ3v) is 5.67. The number of nitrogens with one attached hydrogen (secondary N) is 1. The molecule has 0 spiro atoms. The second-order valence-corrected chi connectivity index (χ2v) is 8.70. The smallest absolute Gasteiger partial charge is 0.232 e. The average Bonchev–Trinajstić information content (AvgIpc) is 2.64. The first-order chi connectivity index (χ1) is 12.8. The first-order valence-electron chi connectivity index (χ1n) is 8.89. The molecule has 1 atom stereocenters. The van der Waals surface area contributed by atoms with Crippen molar-refractivity contribution in [2.45, 2.75) is 32.2 Å². The van der Waals surface area contributed by atoms with Gasteiger partial charge in [0.2, 0.25) is 15.9 Å². The summed E-state index contributed by atoms with van der Waals surface area (Å²) < 4.78 is 25.5. The van der Waals surface area contributed by atoms with Crippen molar-refractivity contribution >= 4 is 33.2 Å². The van der Waals surface area contributed by atoms with Gasteiger partial charge >= 0.3 is 0 Å². The Labute approximate surface area is 166 Å². The van der Waals surface area contributed by atoms with Crippen LogP contribution in [0.4, 0.5) is 5.69 Å². The molecule has 27 heavy (non-hydrogen) atoms. The van der Waals surface area contributed by atoms with Gasteiger partial charge in [-0.3, -0.25) is 9.10 Å². The summed E-state index contributed by atoms with van der Waals surface area (Å²) in [5.74, 6) is -0.0877. The lowest BCUT2D eigenvalue weighted by atomic mass is 10.0. The topological polar surface area (TPSA) is 66.5 Å². The molecule has 0 aliphatic rings. The fourth-order valence-electron chi connectivity index (χ4n) is 2.85. The van der Waals surface area contributed by atoms with E-state index in [0.717, 1.165) is 18.2 Å². The predicted octanol–water partition coefficient (Wildman–Crippen LogP) is 4.15. The van der Waals surface area contributed by atoms with E-state index in [1.165, 1.54) is 4.31 Å². The third-order valence-electron chi connectivity index (χ3n) is 4.23. The summed E-state index contributed by atoms with van der Waals surface area (Å²) in [6.45, 7) is 2.25. The number of halogens is 1. The molecule has 2 rings (SSSR count). The molecule has 7 heteroatoms. The maximum Gasteiger partial charge on any atom is 0.232 e. The molecule has 0 saturated carbocycles. The fourth-order valence-corrected chi connectivity index (χ4v) is 3.94. The van der Waals surface area contributed by atoms with Crippen LogP contribution >= 0.6 is 11.6 Å². The zero-order valence-electron chi connectivity index (χ0n) is 15.6. The Morgan fingerprint density at radius 3 is 2.30 bits per heavy atom. The molecule has 2 aromatic carbocycles. The molecule has 0 aliphatic heterocycles. The molecule has 1 N–H and O–H groups in total. The molecule has 0 saturated heterocycles. The molecule has 0 aliphatic carbocycles. The number of rotatable bonds is 9. The Bertz CT molecular complexity index is 839. The monoisotopic (exact) mass is 408 g/mol. The molecular formula is C20H25ClN2O3S. The van der Waals surface area contributed by atoms with Crippen LogP contribution in [0.15, 0.2) is 54.6 Å². The van der Waals surface area contributed by atoms with Gasteiger partial charge in [-0.05, 0) is 42.7 Å². The van der Waals surface area contributed by atoms with Crippen molar-refractivity contribution in [1.82, 2.24) is 5.32 Å². The number of hydrogen-bond donors (Lipinski definition) is 1. The SMILES string of the molecule is CCC(NC(=O)CCCN(c1ccc(Cl)cc1)S(C)(=O)=O)c1ccccc1. The summed E-state index contributed by atoms with van der Waals surface area (Å²) in [6, 6.07) is 16.4. The van der Waals surface area contributed by atoms with Gasteiger partial charge in [0, 0.05) is 18.0 Å². The van der Waals surface area contributed by atoms with Crippen LogP contribution in [-0.2, 0) is 14.8 Å². The van der Waals surface area contributed by atoms with Crippen molar-refractivity contribution in [3.8, 4) is 0 Å². The Morgan fingerprint density at radius 2 is 1.74 bits per heavy atom. The maximum atomic E-state index is 12.3. The molecule has 1 unspecified atom stereocenters. The highest BCUT2D eigenvalue weighted by molar-refractivity contribution is 7.92. The van der Waals surface area contributed by atoms with Crippen molar-refractivity contribution in [3.05, 3.63) is 65.2 Å². The van der Waals surface area contributed by atoms with Gasteiger partial charge in [-0.2, -0.15) is 0 Å². The lowest BCUT2D eigenvalue weighted by Gasteiger charge is -2.23. The normalized spacial score (nSPS) is 12.4. The summed E-state index contributed by atoms with van der Waals surface area (Å²) in [6.07, 6.45) is 2.62. The first kappa shape index (κ1) is 21.3. The number of benzene rings is 2. The number of carbonyl (C=O) groups is 1. The van der Waals surface area contributed by atoms with E-state index < -0.39 is 10.0 Å². The van der Waals surface area contributed by atoms with Crippen LogP contribution in [-0.4, -0.2) is 27.1 Å². The van der Waals surface area contributed by atoms with Gasteiger partial charge in [-0.15, -0.1) is 0 Å². The van der Waals surface area contributed by atoms with Gasteiger partial charge in [-0.25, -0.2) is 8.42 Å². The maximum absolute atomic E-state index is 12.3. The van der Waals surface area contributed by atoms with E-state index in [2.05, 4.69) is 5.32 Å². The van der Waals surface area contributed by atoms with E-state index >= 15 is 0 Å². The number of anilines is 1. The van der Waals surface area contributed by atoms with Gasteiger partial charge in [0.05, 0.1) is 18.0 Å². The van der Waals surface area contributed by atoms with Crippen molar-refractivity contribution in [2.75, 3.05) is 17.1 Å². The molecule has 1 amide bonds. The molecule has 0 radical (unpaired) electrons. The van der Waals surface area contributed by atoms with E-state index in [9.17, 15) is 13.2 Å². The van der Waals surface area contributed by atoms with Crippen LogP contribution in [0.25, 0.3) is 0 Å². The van der Waals surface area contributed by atoms with Gasteiger partial charge in [0.1, 0.15) is 0 Å². The Hall–Kier alpha value is -2.05. The molecular weight excluding hydrogens is 384 g/mol. The zero-order chi connectivity index (χ0) is 19.9. The van der Waals surface area contributed by atoms with Crippen molar-refractivity contribution in [2.24, 2.45) is 0 Å². The summed E-state index contributed by atoms with van der Waals surface area (Å²) in [5, 5.41) is 3.56. The molecule has 2 aromatic rings. The van der Waals surface area contributed by atoms with Crippen molar-refractivity contribution in [1.29, 1.82) is 0 Å². The summed E-state index contributed by atoms with van der Waals surface area (Å²) in [5.41, 5.74) is 1.60. The van der Waals surface area contributed by atoms with E-state index in [0.29, 0.717) is 17.1 Å². The molecule has 5 nitrogen and oxygen atoms in total. The number of sulfonamides is 1. The van der Waals surface area contributed by atoms with Crippen LogP contribution in [0.2, 0.25) is 5.02 Å². The second-order valence-electron chi connectivity index (χ2n) is 6.35. The van der Waals surface area contributed by atoms with E-state index in [4.69, 9.17) is 11.6 Å². The molecule has 0 heterocycles. The van der Waals surface area contributed by atoms with Gasteiger partial charge < -0.3 is 5.32 Å². The predicted molar refractivity (Wildman–Crippen MR) is 110 cm³/mol. The van der Waals surface area contributed by atoms with Gasteiger partial charge in [-0.1, -0.05) is 48.9 Å². The first-order valence-corrected chi connectivity index (χ1v) is 11.1. The van der Waals surface area contributed by atoms with Gasteiger partial charge in [0.25, 0.3) is 0 Å². The summed E-state index contributed by atoms with van der Waals surface area (Å²) in [4.78, 5) is 12.3. The lowest BCUT2D eigenvalue weighted by Crippen LogP contribution is -2.32. The number of carbonyl (C=O) groups excluding carboxylic acids is 1. The van der Waals surface area contributed by atoms with Crippen LogP contribution in [0.5, 0.6) is 0 Å². The van der Waals surface area contributed by atoms with Crippen molar-refractivity contribution < 1.29 is 13.2 Å². The van der Waals surface area contributed by atoms with E-state index in [1.807, 2.05) is 37.3 Å². The van der Waals surface area contributed by atoms with Crippen LogP contribution < -0.4 is 9.62 Å². The lowest BCUT2D eigenvalue weighted by molar-refractivity contribution is -0.121. The molecule has 146 valence electrons. The highest BCUT2D eigenvalue weighted by Crippen LogP contribution is 2.21. The number of nitrogens with zero attached hydrogens (tertiary/aromatic N) is 1. The minimum absolute atomic E-state index is 0.0408. The van der Waals surface area contributed by atoms with Crippen LogP contribution in [0.1, 0.15) is 37.8 Å². The van der Waals surface area contributed by atoms with Crippen LogP contribution in [0, 0.1) is 0 Å². The number of amides is 1. The molecule has 0 fully saturated rings. The Balaban J connectivity index is 1.94. The molecule has 0 aromatic heterocycles. The highest BCUT2D eigenvalue weighted by atomic mass is 35.5. The third kappa shape index (κ3) is 6.56.